The van der Waals surface area contributed by atoms with Crippen LogP contribution in [0.4, 0.5) is 4.39 Å². The summed E-state index contributed by atoms with van der Waals surface area (Å²) in [5.74, 6) is -0.538. The maximum absolute atomic E-state index is 13.8. The number of sulfonamides is 1. The average molecular weight is 337 g/mol. The summed E-state index contributed by atoms with van der Waals surface area (Å²) in [5.41, 5.74) is 5.77. The molecule has 0 saturated heterocycles. The van der Waals surface area contributed by atoms with E-state index < -0.39 is 15.8 Å². The summed E-state index contributed by atoms with van der Waals surface area (Å²) in [6.45, 7) is 6.45. The van der Waals surface area contributed by atoms with Crippen molar-refractivity contribution >= 4 is 21.6 Å². The first-order chi connectivity index (χ1) is 9.77. The molecule has 0 aliphatic carbocycles. The highest BCUT2D eigenvalue weighted by Gasteiger charge is 2.26. The van der Waals surface area contributed by atoms with Gasteiger partial charge in [0.2, 0.25) is 10.0 Å². The Morgan fingerprint density at radius 1 is 1.38 bits per heavy atom. The van der Waals surface area contributed by atoms with Gasteiger partial charge in [0.15, 0.2) is 0 Å². The first kappa shape index (κ1) is 18.4. The highest BCUT2D eigenvalue weighted by Crippen LogP contribution is 2.26. The third-order valence-electron chi connectivity index (χ3n) is 3.50. The smallest absolute Gasteiger partial charge is 0.243 e. The molecule has 2 N–H and O–H groups in total. The van der Waals surface area contributed by atoms with Crippen molar-refractivity contribution in [3.63, 3.8) is 0 Å². The molecule has 0 bridgehead atoms. The van der Waals surface area contributed by atoms with Crippen LogP contribution in [0.15, 0.2) is 17.0 Å². The van der Waals surface area contributed by atoms with Crippen LogP contribution in [0.5, 0.6) is 0 Å². The van der Waals surface area contributed by atoms with Crippen molar-refractivity contribution in [2.45, 2.75) is 38.6 Å². The SMILES string of the molecule is CCC(C)CN(CC)S(=O)(=O)c1cc(F)c(Cl)c(CN)c1. The van der Waals surface area contributed by atoms with Gasteiger partial charge in [-0.15, -0.1) is 0 Å². The molecular weight excluding hydrogens is 315 g/mol. The van der Waals surface area contributed by atoms with Gasteiger partial charge in [-0.1, -0.05) is 38.8 Å². The Morgan fingerprint density at radius 2 is 2.00 bits per heavy atom. The quantitative estimate of drug-likeness (QED) is 0.832. The number of rotatable bonds is 7. The van der Waals surface area contributed by atoms with Crippen LogP contribution in [-0.4, -0.2) is 25.8 Å². The lowest BCUT2D eigenvalue weighted by molar-refractivity contribution is 0.361. The molecule has 21 heavy (non-hydrogen) atoms. The maximum Gasteiger partial charge on any atom is 0.243 e. The number of halogens is 2. The minimum atomic E-state index is -3.75. The Labute approximate surface area is 131 Å². The van der Waals surface area contributed by atoms with Crippen LogP contribution in [0.2, 0.25) is 5.02 Å². The summed E-state index contributed by atoms with van der Waals surface area (Å²) in [6.07, 6.45) is 0.870. The van der Waals surface area contributed by atoms with Crippen LogP contribution in [0.1, 0.15) is 32.8 Å². The number of hydrogen-bond donors (Lipinski definition) is 1. The molecule has 0 radical (unpaired) electrons. The lowest BCUT2D eigenvalue weighted by Gasteiger charge is -2.24. The second kappa shape index (κ2) is 7.54. The molecule has 1 atom stereocenters. The van der Waals surface area contributed by atoms with Gasteiger partial charge in [-0.25, -0.2) is 12.8 Å². The van der Waals surface area contributed by atoms with E-state index in [2.05, 4.69) is 0 Å². The van der Waals surface area contributed by atoms with E-state index in [1.54, 1.807) is 6.92 Å². The standard InChI is InChI=1S/C14H22ClFN2O2S/c1-4-10(3)9-18(5-2)21(19,20)12-6-11(8-17)14(15)13(16)7-12/h6-7,10H,4-5,8-9,17H2,1-3H3. The molecule has 1 aromatic carbocycles. The van der Waals surface area contributed by atoms with E-state index in [0.29, 0.717) is 13.1 Å². The molecule has 0 fully saturated rings. The van der Waals surface area contributed by atoms with Crippen LogP contribution in [0.3, 0.4) is 0 Å². The van der Waals surface area contributed by atoms with Crippen LogP contribution in [-0.2, 0) is 16.6 Å². The average Bonchev–Trinajstić information content (AvgIpc) is 2.46. The van der Waals surface area contributed by atoms with Crippen molar-refractivity contribution in [3.05, 3.63) is 28.5 Å². The van der Waals surface area contributed by atoms with E-state index in [0.717, 1.165) is 12.5 Å². The van der Waals surface area contributed by atoms with Crippen molar-refractivity contribution in [1.82, 2.24) is 4.31 Å². The van der Waals surface area contributed by atoms with Gasteiger partial charge in [-0.2, -0.15) is 4.31 Å². The second-order valence-electron chi connectivity index (χ2n) is 5.05. The topological polar surface area (TPSA) is 63.4 Å². The van der Waals surface area contributed by atoms with Crippen molar-refractivity contribution in [2.24, 2.45) is 11.7 Å². The van der Waals surface area contributed by atoms with Gasteiger partial charge in [-0.3, -0.25) is 0 Å². The van der Waals surface area contributed by atoms with Gasteiger partial charge >= 0.3 is 0 Å². The highest BCUT2D eigenvalue weighted by atomic mass is 35.5. The number of nitrogens with zero attached hydrogens (tertiary/aromatic N) is 1. The Kier molecular flexibility index (Phi) is 6.59. The first-order valence-corrected chi connectivity index (χ1v) is 8.77. The molecule has 0 spiro atoms. The predicted octanol–water partition coefficient (Wildman–Crippen LogP) is 2.99. The molecule has 0 saturated carbocycles. The summed E-state index contributed by atoms with van der Waals surface area (Å²) >= 11 is 5.77. The van der Waals surface area contributed by atoms with Gasteiger partial charge in [0.25, 0.3) is 0 Å². The zero-order chi connectivity index (χ0) is 16.2. The minimum absolute atomic E-state index is 0.0173. The lowest BCUT2D eigenvalue weighted by Crippen LogP contribution is -2.34. The van der Waals surface area contributed by atoms with Crippen molar-refractivity contribution in [2.75, 3.05) is 13.1 Å². The molecule has 0 amide bonds. The van der Waals surface area contributed by atoms with Gasteiger partial charge in [0, 0.05) is 19.6 Å². The molecule has 1 unspecified atom stereocenters. The molecule has 0 aliphatic rings. The zero-order valence-corrected chi connectivity index (χ0v) is 14.1. The first-order valence-electron chi connectivity index (χ1n) is 6.96. The van der Waals surface area contributed by atoms with Crippen LogP contribution in [0.25, 0.3) is 0 Å². The number of nitrogens with two attached hydrogens (primary N) is 1. The second-order valence-corrected chi connectivity index (χ2v) is 7.37. The number of benzene rings is 1. The number of hydrogen-bond acceptors (Lipinski definition) is 3. The van der Waals surface area contributed by atoms with E-state index >= 15 is 0 Å². The van der Waals surface area contributed by atoms with E-state index in [9.17, 15) is 12.8 Å². The third kappa shape index (κ3) is 4.16. The fourth-order valence-electron chi connectivity index (χ4n) is 1.94. The van der Waals surface area contributed by atoms with E-state index in [-0.39, 0.29) is 27.9 Å². The van der Waals surface area contributed by atoms with E-state index in [1.165, 1.54) is 10.4 Å². The molecule has 0 heterocycles. The largest absolute Gasteiger partial charge is 0.326 e. The zero-order valence-electron chi connectivity index (χ0n) is 12.6. The van der Waals surface area contributed by atoms with Gasteiger partial charge in [0.05, 0.1) is 9.92 Å². The van der Waals surface area contributed by atoms with Crippen LogP contribution >= 0.6 is 11.6 Å². The Balaban J connectivity index is 3.26. The minimum Gasteiger partial charge on any atom is -0.326 e. The van der Waals surface area contributed by atoms with E-state index in [4.69, 9.17) is 17.3 Å². The molecule has 1 aromatic rings. The van der Waals surface area contributed by atoms with E-state index in [1.807, 2.05) is 13.8 Å². The Morgan fingerprint density at radius 3 is 2.48 bits per heavy atom. The summed E-state index contributed by atoms with van der Waals surface area (Å²) in [4.78, 5) is -0.102. The molecule has 0 aliphatic heterocycles. The predicted molar refractivity (Wildman–Crippen MR) is 83.2 cm³/mol. The van der Waals surface area contributed by atoms with Crippen molar-refractivity contribution in [1.29, 1.82) is 0 Å². The maximum atomic E-state index is 13.8. The molecule has 0 aromatic heterocycles. The fraction of sp³-hybridized carbons (Fsp3) is 0.571. The van der Waals surface area contributed by atoms with Gasteiger partial charge in [0.1, 0.15) is 5.82 Å². The summed E-state index contributed by atoms with van der Waals surface area (Å²) < 4.78 is 40.4. The molecule has 7 heteroatoms. The fourth-order valence-corrected chi connectivity index (χ4v) is 3.76. The normalized spacial score (nSPS) is 13.7. The summed E-state index contributed by atoms with van der Waals surface area (Å²) in [6, 6.07) is 2.30. The highest BCUT2D eigenvalue weighted by molar-refractivity contribution is 7.89. The molecule has 1 rings (SSSR count). The van der Waals surface area contributed by atoms with Crippen molar-refractivity contribution in [3.8, 4) is 0 Å². The Bertz CT molecular complexity index is 593. The van der Waals surface area contributed by atoms with Gasteiger partial charge in [-0.05, 0) is 23.6 Å². The van der Waals surface area contributed by atoms with Crippen LogP contribution < -0.4 is 5.73 Å². The van der Waals surface area contributed by atoms with Crippen molar-refractivity contribution < 1.29 is 12.8 Å². The molecule has 120 valence electrons. The van der Waals surface area contributed by atoms with Crippen LogP contribution in [0, 0.1) is 11.7 Å². The molecule has 4 nitrogen and oxygen atoms in total. The van der Waals surface area contributed by atoms with Gasteiger partial charge < -0.3 is 5.73 Å². The monoisotopic (exact) mass is 336 g/mol. The summed E-state index contributed by atoms with van der Waals surface area (Å²) in [7, 11) is -3.75. The molecular formula is C14H22ClFN2O2S. The third-order valence-corrected chi connectivity index (χ3v) is 5.84. The Hall–Kier alpha value is -0.690. The summed E-state index contributed by atoms with van der Waals surface area (Å²) in [5, 5.41) is -0.124. The lowest BCUT2D eigenvalue weighted by atomic mass is 10.1.